The Morgan fingerprint density at radius 2 is 2.14 bits per heavy atom. The highest BCUT2D eigenvalue weighted by Gasteiger charge is 2.35. The lowest BCUT2D eigenvalue weighted by Gasteiger charge is -2.39. The van der Waals surface area contributed by atoms with Gasteiger partial charge in [-0.05, 0) is 49.8 Å². The van der Waals surface area contributed by atoms with Crippen LogP contribution in [0.3, 0.4) is 0 Å². The van der Waals surface area contributed by atoms with Crippen molar-refractivity contribution >= 4 is 21.8 Å². The summed E-state index contributed by atoms with van der Waals surface area (Å²) in [6, 6.07) is 4.68. The number of alkyl halides is 1. The molecule has 1 aromatic carbocycles. The van der Waals surface area contributed by atoms with Crippen molar-refractivity contribution < 1.29 is 14.6 Å². The number of phenols is 1. The number of methoxy groups -OCH3 is 1. The number of hydrogen-bond acceptors (Lipinski definition) is 3. The molecule has 1 saturated carbocycles. The quantitative estimate of drug-likeness (QED) is 0.813. The van der Waals surface area contributed by atoms with Crippen LogP contribution in [0.4, 0.5) is 0 Å². The van der Waals surface area contributed by atoms with Crippen molar-refractivity contribution in [1.29, 1.82) is 0 Å². The van der Waals surface area contributed by atoms with Crippen molar-refractivity contribution in [3.05, 3.63) is 23.8 Å². The molecule has 0 bridgehead atoms. The molecule has 0 aliphatic heterocycles. The van der Waals surface area contributed by atoms with E-state index >= 15 is 0 Å². The van der Waals surface area contributed by atoms with Gasteiger partial charge in [-0.3, -0.25) is 4.79 Å². The first-order chi connectivity index (χ1) is 9.99. The third-order valence-corrected chi connectivity index (χ3v) is 5.39. The zero-order valence-electron chi connectivity index (χ0n) is 12.5. The van der Waals surface area contributed by atoms with Crippen LogP contribution in [0.25, 0.3) is 0 Å². The van der Waals surface area contributed by atoms with Gasteiger partial charge in [-0.2, -0.15) is 0 Å². The first-order valence-electron chi connectivity index (χ1n) is 7.25. The maximum absolute atomic E-state index is 12.5. The molecule has 0 spiro atoms. The summed E-state index contributed by atoms with van der Waals surface area (Å²) in [5.74, 6) is 0.991. The molecule has 0 saturated heterocycles. The Labute approximate surface area is 134 Å². The van der Waals surface area contributed by atoms with Crippen LogP contribution in [0.1, 0.15) is 43.0 Å². The van der Waals surface area contributed by atoms with Crippen molar-refractivity contribution in [3.8, 4) is 11.5 Å². The number of carbonyl (C=O) groups is 1. The summed E-state index contributed by atoms with van der Waals surface area (Å²) in [5, 5.41) is 13.7. The van der Waals surface area contributed by atoms with Crippen LogP contribution in [0.15, 0.2) is 18.2 Å². The zero-order valence-corrected chi connectivity index (χ0v) is 14.1. The molecule has 0 unspecified atom stereocenters. The van der Waals surface area contributed by atoms with Crippen molar-refractivity contribution in [3.63, 3.8) is 0 Å². The zero-order chi connectivity index (χ0) is 15.5. The number of amides is 1. The van der Waals surface area contributed by atoms with Gasteiger partial charge in [-0.1, -0.05) is 22.9 Å². The molecule has 1 aliphatic carbocycles. The van der Waals surface area contributed by atoms with Crippen LogP contribution >= 0.6 is 15.9 Å². The smallest absolute Gasteiger partial charge is 0.255 e. The van der Waals surface area contributed by atoms with Crippen molar-refractivity contribution in [1.82, 2.24) is 5.32 Å². The third kappa shape index (κ3) is 3.70. The van der Waals surface area contributed by atoms with E-state index in [-0.39, 0.29) is 22.8 Å². The second-order valence-electron chi connectivity index (χ2n) is 5.93. The third-order valence-electron chi connectivity index (χ3n) is 4.31. The van der Waals surface area contributed by atoms with E-state index in [1.165, 1.54) is 13.2 Å². The first-order valence-corrected chi connectivity index (χ1v) is 8.37. The fourth-order valence-corrected chi connectivity index (χ4v) is 3.44. The minimum Gasteiger partial charge on any atom is -0.507 e. The van der Waals surface area contributed by atoms with Gasteiger partial charge in [0, 0.05) is 5.33 Å². The summed E-state index contributed by atoms with van der Waals surface area (Å²) >= 11 is 3.53. The van der Waals surface area contributed by atoms with Gasteiger partial charge in [0.05, 0.1) is 18.2 Å². The van der Waals surface area contributed by atoms with E-state index in [1.807, 2.05) is 0 Å². The second-order valence-corrected chi connectivity index (χ2v) is 6.49. The summed E-state index contributed by atoms with van der Waals surface area (Å²) in [7, 11) is 1.54. The van der Waals surface area contributed by atoms with Crippen LogP contribution in [0, 0.1) is 5.92 Å². The van der Waals surface area contributed by atoms with E-state index < -0.39 is 0 Å². The van der Waals surface area contributed by atoms with E-state index in [2.05, 4.69) is 28.2 Å². The van der Waals surface area contributed by atoms with Gasteiger partial charge in [0.2, 0.25) is 0 Å². The number of phenolic OH excluding ortho intramolecular Hbond substituents is 1. The summed E-state index contributed by atoms with van der Waals surface area (Å²) in [5.41, 5.74) is 0.0346. The fraction of sp³-hybridized carbons (Fsp3) is 0.562. The Hall–Kier alpha value is -1.23. The molecule has 2 rings (SSSR count). The molecule has 0 atom stereocenters. The first kappa shape index (κ1) is 16.1. The molecule has 1 aliphatic rings. The molecule has 2 N–H and O–H groups in total. The molecule has 5 heteroatoms. The Morgan fingerprint density at radius 3 is 2.71 bits per heavy atom. The lowest BCUT2D eigenvalue weighted by molar-refractivity contribution is 0.0871. The molecular weight excluding hydrogens is 334 g/mol. The highest BCUT2D eigenvalue weighted by Crippen LogP contribution is 2.34. The molecule has 1 amide bonds. The van der Waals surface area contributed by atoms with Gasteiger partial charge in [-0.25, -0.2) is 0 Å². The second kappa shape index (κ2) is 6.69. The predicted octanol–water partition coefficient (Wildman–Crippen LogP) is 3.47. The van der Waals surface area contributed by atoms with Gasteiger partial charge in [0.1, 0.15) is 11.5 Å². The van der Waals surface area contributed by atoms with E-state index in [4.69, 9.17) is 4.74 Å². The lowest BCUT2D eigenvalue weighted by atomic mass is 9.78. The number of carbonyl (C=O) groups excluding carboxylic acids is 1. The number of hydrogen-bond donors (Lipinski definition) is 2. The SMILES string of the molecule is COc1ccc(O)c(C(=O)NC2(CBr)CCC(C)CC2)c1. The molecule has 1 fully saturated rings. The average Bonchev–Trinajstić information content (AvgIpc) is 2.50. The van der Waals surface area contributed by atoms with Crippen LogP contribution in [-0.2, 0) is 0 Å². The maximum atomic E-state index is 12.5. The van der Waals surface area contributed by atoms with Crippen molar-refractivity contribution in [2.75, 3.05) is 12.4 Å². The number of aromatic hydroxyl groups is 1. The standard InChI is InChI=1S/C16H22BrNO3/c1-11-5-7-16(10-17,8-6-11)18-15(20)13-9-12(21-2)3-4-14(13)19/h3-4,9,11,19H,5-8,10H2,1-2H3,(H,18,20). The summed E-state index contributed by atoms with van der Waals surface area (Å²) in [6.45, 7) is 2.24. The summed E-state index contributed by atoms with van der Waals surface area (Å²) in [4.78, 5) is 12.5. The molecule has 1 aromatic rings. The Balaban J connectivity index is 2.16. The van der Waals surface area contributed by atoms with Crippen molar-refractivity contribution in [2.45, 2.75) is 38.1 Å². The topological polar surface area (TPSA) is 58.6 Å². The molecule has 21 heavy (non-hydrogen) atoms. The van der Waals surface area contributed by atoms with Crippen LogP contribution in [-0.4, -0.2) is 29.0 Å². The van der Waals surface area contributed by atoms with Gasteiger partial charge >= 0.3 is 0 Å². The maximum Gasteiger partial charge on any atom is 0.255 e. The highest BCUT2D eigenvalue weighted by atomic mass is 79.9. The molecule has 0 aromatic heterocycles. The minimum absolute atomic E-state index is 0.0257. The molecule has 116 valence electrons. The van der Waals surface area contributed by atoms with Crippen LogP contribution < -0.4 is 10.1 Å². The molecule has 0 heterocycles. The largest absolute Gasteiger partial charge is 0.507 e. The van der Waals surface area contributed by atoms with Gasteiger partial charge in [0.15, 0.2) is 0 Å². The number of halogens is 1. The molecule has 0 radical (unpaired) electrons. The molecular formula is C16H22BrNO3. The van der Waals surface area contributed by atoms with Gasteiger partial charge < -0.3 is 15.2 Å². The van der Waals surface area contributed by atoms with Crippen LogP contribution in [0.5, 0.6) is 11.5 Å². The number of rotatable bonds is 4. The van der Waals surface area contributed by atoms with E-state index in [0.717, 1.165) is 31.0 Å². The fourth-order valence-electron chi connectivity index (χ4n) is 2.74. The van der Waals surface area contributed by atoms with Crippen molar-refractivity contribution in [2.24, 2.45) is 5.92 Å². The minimum atomic E-state index is -0.250. The highest BCUT2D eigenvalue weighted by molar-refractivity contribution is 9.09. The number of ether oxygens (including phenoxy) is 1. The summed E-state index contributed by atoms with van der Waals surface area (Å²) < 4.78 is 5.12. The average molecular weight is 356 g/mol. The normalized spacial score (nSPS) is 25.4. The number of benzene rings is 1. The lowest BCUT2D eigenvalue weighted by Crippen LogP contribution is -2.52. The predicted molar refractivity (Wildman–Crippen MR) is 86.3 cm³/mol. The van der Waals surface area contributed by atoms with E-state index in [1.54, 1.807) is 12.1 Å². The Bertz CT molecular complexity index is 510. The van der Waals surface area contributed by atoms with E-state index in [9.17, 15) is 9.90 Å². The van der Waals surface area contributed by atoms with Gasteiger partial charge in [0.25, 0.3) is 5.91 Å². The number of nitrogens with one attached hydrogen (secondary N) is 1. The Morgan fingerprint density at radius 1 is 1.48 bits per heavy atom. The monoisotopic (exact) mass is 355 g/mol. The van der Waals surface area contributed by atoms with E-state index in [0.29, 0.717) is 11.7 Å². The summed E-state index contributed by atoms with van der Waals surface area (Å²) in [6.07, 6.45) is 4.12. The van der Waals surface area contributed by atoms with Gasteiger partial charge in [-0.15, -0.1) is 0 Å². The Kier molecular flexibility index (Phi) is 5.14. The van der Waals surface area contributed by atoms with Crippen LogP contribution in [0.2, 0.25) is 0 Å². The molecule has 4 nitrogen and oxygen atoms in total.